The lowest BCUT2D eigenvalue weighted by Crippen LogP contribution is -2.37. The molecule has 36 heavy (non-hydrogen) atoms. The van der Waals surface area contributed by atoms with Gasteiger partial charge in [0.15, 0.2) is 5.69 Å². The van der Waals surface area contributed by atoms with Crippen molar-refractivity contribution < 1.29 is 9.53 Å². The number of nitrogens with one attached hydrogen (secondary N) is 2. The molecule has 2 N–H and O–H groups in total. The van der Waals surface area contributed by atoms with Crippen molar-refractivity contribution >= 4 is 46.0 Å². The van der Waals surface area contributed by atoms with E-state index < -0.39 is 5.30 Å². The second-order valence-corrected chi connectivity index (χ2v) is 9.05. The van der Waals surface area contributed by atoms with Crippen LogP contribution in [-0.2, 0) is 6.54 Å². The number of pyridine rings is 2. The number of nitrogens with zero attached hydrogens (tertiary/aromatic N) is 4. The number of anilines is 1. The Morgan fingerprint density at radius 1 is 1.03 bits per heavy atom. The molecule has 0 unspecified atom stereocenters. The normalized spacial score (nSPS) is 14.6. The lowest BCUT2D eigenvalue weighted by molar-refractivity contribution is 0.102. The van der Waals surface area contributed by atoms with E-state index in [1.54, 1.807) is 6.07 Å². The first kappa shape index (κ1) is 24.1. The van der Waals surface area contributed by atoms with Crippen molar-refractivity contribution in [2.45, 2.75) is 31.1 Å². The zero-order valence-electron chi connectivity index (χ0n) is 19.8. The van der Waals surface area contributed by atoms with Crippen molar-refractivity contribution in [3.63, 3.8) is 0 Å². The molecule has 0 spiro atoms. The molecule has 1 saturated heterocycles. The van der Waals surface area contributed by atoms with E-state index in [2.05, 4.69) is 36.4 Å². The maximum atomic E-state index is 13.0. The van der Waals surface area contributed by atoms with Crippen molar-refractivity contribution in [3.8, 4) is 17.0 Å². The molecule has 0 aliphatic carbocycles. The molecule has 6 radical (unpaired) electrons. The molecule has 0 saturated carbocycles. The predicted octanol–water partition coefficient (Wildman–Crippen LogP) is 2.75. The first-order valence-corrected chi connectivity index (χ1v) is 11.8. The lowest BCUT2D eigenvalue weighted by atomic mass is 9.52. The Labute approximate surface area is 213 Å². The van der Waals surface area contributed by atoms with Gasteiger partial charge < -0.3 is 10.1 Å². The number of rotatable bonds is 7. The largest absolute Gasteiger partial charge is 0.501 e. The second-order valence-electron chi connectivity index (χ2n) is 9.05. The van der Waals surface area contributed by atoms with Gasteiger partial charge in [-0.3, -0.25) is 19.8 Å². The molecule has 1 aliphatic rings. The van der Waals surface area contributed by atoms with E-state index >= 15 is 0 Å². The van der Waals surface area contributed by atoms with Gasteiger partial charge in [0.25, 0.3) is 5.91 Å². The summed E-state index contributed by atoms with van der Waals surface area (Å²) in [6.45, 7) is 3.15. The van der Waals surface area contributed by atoms with Gasteiger partial charge in [0, 0.05) is 36.0 Å². The van der Waals surface area contributed by atoms with E-state index in [1.165, 1.54) is 37.1 Å². The molecule has 174 valence electrons. The Hall–Kier alpha value is -3.59. The lowest BCUT2D eigenvalue weighted by Gasteiger charge is -2.26. The monoisotopic (exact) mass is 472 g/mol. The van der Waals surface area contributed by atoms with E-state index in [4.69, 9.17) is 28.3 Å². The first-order chi connectivity index (χ1) is 17.3. The SMILES string of the molecule is [B]C([B])([B])Oc1ccc(NC(=O)c2n[nH]c3ccc(-c4cncc(CN5CCCCC5)c4)cc23)cn1. The smallest absolute Gasteiger partial charge is 0.276 e. The fourth-order valence-electron chi connectivity index (χ4n) is 4.36. The molecular formula is C25H23B3N6O2. The molecule has 1 aromatic carbocycles. The quantitative estimate of drug-likeness (QED) is 0.402. The number of hydrogen-bond acceptors (Lipinski definition) is 6. The number of aromatic nitrogens is 4. The third kappa shape index (κ3) is 5.79. The third-order valence-corrected chi connectivity index (χ3v) is 6.04. The van der Waals surface area contributed by atoms with Crippen molar-refractivity contribution in [3.05, 3.63) is 66.2 Å². The summed E-state index contributed by atoms with van der Waals surface area (Å²) < 4.78 is 5.08. The number of carbonyl (C=O) groups is 1. The Bertz CT molecular complexity index is 1360. The number of H-pyrrole nitrogens is 1. The Morgan fingerprint density at radius 3 is 2.61 bits per heavy atom. The predicted molar refractivity (Wildman–Crippen MR) is 141 cm³/mol. The highest BCUT2D eigenvalue weighted by atomic mass is 16.5. The molecule has 4 aromatic rings. The van der Waals surface area contributed by atoms with Crippen LogP contribution >= 0.6 is 0 Å². The van der Waals surface area contributed by atoms with E-state index in [0.29, 0.717) is 11.1 Å². The fourth-order valence-corrected chi connectivity index (χ4v) is 4.36. The maximum absolute atomic E-state index is 13.0. The molecule has 1 fully saturated rings. The summed E-state index contributed by atoms with van der Waals surface area (Å²) in [6, 6.07) is 11.1. The zero-order valence-corrected chi connectivity index (χ0v) is 19.8. The molecule has 1 aliphatic heterocycles. The van der Waals surface area contributed by atoms with E-state index in [1.807, 2.05) is 30.6 Å². The van der Waals surface area contributed by atoms with Crippen molar-refractivity contribution in [1.82, 2.24) is 25.1 Å². The molecular weight excluding hydrogens is 449 g/mol. The van der Waals surface area contributed by atoms with Crippen molar-refractivity contribution in [1.29, 1.82) is 0 Å². The summed E-state index contributed by atoms with van der Waals surface area (Å²) in [6.07, 6.45) is 8.99. The number of amides is 1. The van der Waals surface area contributed by atoms with Gasteiger partial charge in [-0.2, -0.15) is 5.10 Å². The molecule has 5 rings (SSSR count). The number of ether oxygens (including phenoxy) is 1. The number of carbonyl (C=O) groups excluding carboxylic acids is 1. The van der Waals surface area contributed by atoms with Gasteiger partial charge in [-0.05, 0) is 66.6 Å². The summed E-state index contributed by atoms with van der Waals surface area (Å²) in [4.78, 5) is 24.0. The van der Waals surface area contributed by atoms with Crippen LogP contribution in [0.1, 0.15) is 35.3 Å². The van der Waals surface area contributed by atoms with E-state index in [0.717, 1.165) is 36.3 Å². The van der Waals surface area contributed by atoms with Gasteiger partial charge >= 0.3 is 0 Å². The Balaban J connectivity index is 1.34. The van der Waals surface area contributed by atoms with Gasteiger partial charge in [0.1, 0.15) is 23.5 Å². The number of benzene rings is 1. The average Bonchev–Trinajstić information content (AvgIpc) is 3.29. The van der Waals surface area contributed by atoms with Crippen LogP contribution in [-0.4, -0.2) is 72.9 Å². The molecule has 8 nitrogen and oxygen atoms in total. The highest BCUT2D eigenvalue weighted by Gasteiger charge is 2.17. The first-order valence-electron chi connectivity index (χ1n) is 11.8. The van der Waals surface area contributed by atoms with Gasteiger partial charge in [-0.1, -0.05) is 12.5 Å². The minimum Gasteiger partial charge on any atom is -0.501 e. The van der Waals surface area contributed by atoms with Crippen molar-refractivity contribution in [2.75, 3.05) is 18.4 Å². The zero-order chi connectivity index (χ0) is 25.1. The highest BCUT2D eigenvalue weighted by Crippen LogP contribution is 2.27. The molecule has 3 aromatic heterocycles. The molecule has 11 heteroatoms. The van der Waals surface area contributed by atoms with Crippen LogP contribution in [0.3, 0.4) is 0 Å². The van der Waals surface area contributed by atoms with Crippen LogP contribution in [0.2, 0.25) is 0 Å². The third-order valence-electron chi connectivity index (χ3n) is 6.04. The number of hydrogen-bond donors (Lipinski definition) is 2. The van der Waals surface area contributed by atoms with Crippen LogP contribution in [0, 0.1) is 0 Å². The van der Waals surface area contributed by atoms with E-state index in [-0.39, 0.29) is 17.5 Å². The van der Waals surface area contributed by atoms with Crippen LogP contribution < -0.4 is 10.1 Å². The van der Waals surface area contributed by atoms with Crippen LogP contribution in [0.4, 0.5) is 5.69 Å². The number of likely N-dealkylation sites (tertiary alicyclic amines) is 1. The van der Waals surface area contributed by atoms with Gasteiger partial charge in [0.05, 0.1) is 17.4 Å². The Morgan fingerprint density at radius 2 is 1.86 bits per heavy atom. The summed E-state index contributed by atoms with van der Waals surface area (Å²) in [5.74, 6) is -0.247. The van der Waals surface area contributed by atoms with E-state index in [9.17, 15) is 4.79 Å². The molecule has 4 heterocycles. The maximum Gasteiger partial charge on any atom is 0.276 e. The van der Waals surface area contributed by atoms with Gasteiger partial charge in [-0.25, -0.2) is 4.98 Å². The molecule has 0 bridgehead atoms. The second kappa shape index (κ2) is 10.2. The summed E-state index contributed by atoms with van der Waals surface area (Å²) in [5, 5.41) is 8.81. The minimum absolute atomic E-state index is 0.131. The number of fused-ring (bicyclic) bond motifs is 1. The van der Waals surface area contributed by atoms with Crippen LogP contribution in [0.5, 0.6) is 5.88 Å². The van der Waals surface area contributed by atoms with Crippen LogP contribution in [0.25, 0.3) is 22.0 Å². The van der Waals surface area contributed by atoms with Crippen molar-refractivity contribution in [2.24, 2.45) is 0 Å². The summed E-state index contributed by atoms with van der Waals surface area (Å²) >= 11 is 0. The highest BCUT2D eigenvalue weighted by molar-refractivity contribution is 6.58. The molecule has 0 atom stereocenters. The standard InChI is InChI=1S/C25H23B3N6O2/c26-25(27,28)36-22-7-5-19(14-30-22)31-24(35)23-20-11-17(4-6-21(20)32-33-23)18-10-16(12-29-13-18)15-34-8-2-1-3-9-34/h4-7,10-14H,1-3,8-9,15H2,(H,31,35)(H,32,33). The van der Waals surface area contributed by atoms with Gasteiger partial charge in [-0.15, -0.1) is 0 Å². The Kier molecular flexibility index (Phi) is 6.83. The average molecular weight is 472 g/mol. The molecule has 1 amide bonds. The summed E-state index contributed by atoms with van der Waals surface area (Å²) in [5.41, 5.74) is 4.61. The number of piperidine rings is 1. The fraction of sp³-hybridized carbons (Fsp3) is 0.280. The topological polar surface area (TPSA) is 96.0 Å². The van der Waals surface area contributed by atoms with Crippen LogP contribution in [0.15, 0.2) is 55.0 Å². The van der Waals surface area contributed by atoms with Gasteiger partial charge in [0.2, 0.25) is 5.88 Å². The summed E-state index contributed by atoms with van der Waals surface area (Å²) in [7, 11) is 16.2. The minimum atomic E-state index is -1.84. The number of aromatic amines is 1.